The van der Waals surface area contributed by atoms with E-state index in [1.54, 1.807) is 18.4 Å². The van der Waals surface area contributed by atoms with E-state index in [0.717, 1.165) is 11.3 Å². The van der Waals surface area contributed by atoms with Gasteiger partial charge in [0.15, 0.2) is 11.6 Å². The molecule has 0 aliphatic heterocycles. The highest BCUT2D eigenvalue weighted by Gasteiger charge is 2.19. The van der Waals surface area contributed by atoms with Crippen molar-refractivity contribution in [1.29, 1.82) is 0 Å². The summed E-state index contributed by atoms with van der Waals surface area (Å²) in [6.07, 6.45) is 0. The first kappa shape index (κ1) is 11.9. The second-order valence-electron chi connectivity index (χ2n) is 3.51. The predicted molar refractivity (Wildman–Crippen MR) is 58.8 cm³/mol. The van der Waals surface area contributed by atoms with Gasteiger partial charge in [-0.1, -0.05) is 0 Å². The highest BCUT2D eigenvalue weighted by Crippen LogP contribution is 2.23. The third kappa shape index (κ3) is 2.10. The Kier molecular flexibility index (Phi) is 3.02. The molecule has 0 N–H and O–H groups in total. The molecule has 0 radical (unpaired) electrons. The summed E-state index contributed by atoms with van der Waals surface area (Å²) in [5.74, 6) is -4.22. The van der Waals surface area contributed by atoms with Gasteiger partial charge in [-0.2, -0.15) is 0 Å². The number of thiophene rings is 1. The molecule has 0 fully saturated rings. The molecule has 2 rings (SSSR count). The molecule has 1 nitrogen and oxygen atoms in total. The highest BCUT2D eigenvalue weighted by molar-refractivity contribution is 7.12. The molecule has 0 saturated carbocycles. The van der Waals surface area contributed by atoms with Crippen molar-refractivity contribution in [1.82, 2.24) is 0 Å². The zero-order chi connectivity index (χ0) is 12.6. The molecule has 1 heterocycles. The minimum atomic E-state index is -1.30. The van der Waals surface area contributed by atoms with Crippen LogP contribution in [0.15, 0.2) is 23.6 Å². The van der Waals surface area contributed by atoms with Crippen LogP contribution in [-0.2, 0) is 0 Å². The van der Waals surface area contributed by atoms with Crippen molar-refractivity contribution < 1.29 is 18.0 Å². The number of benzene rings is 1. The van der Waals surface area contributed by atoms with E-state index >= 15 is 0 Å². The fraction of sp³-hybridized carbons (Fsp3) is 0.0833. The van der Waals surface area contributed by atoms with Crippen LogP contribution in [0.5, 0.6) is 0 Å². The molecular formula is C12H7F3OS. The molecule has 0 unspecified atom stereocenters. The first-order valence-corrected chi connectivity index (χ1v) is 5.62. The molecule has 0 aliphatic carbocycles. The van der Waals surface area contributed by atoms with Gasteiger partial charge in [0.05, 0.1) is 10.4 Å². The van der Waals surface area contributed by atoms with Crippen LogP contribution in [0.2, 0.25) is 0 Å². The van der Waals surface area contributed by atoms with E-state index in [1.807, 2.05) is 0 Å². The summed E-state index contributed by atoms with van der Waals surface area (Å²) < 4.78 is 39.1. The fourth-order valence-corrected chi connectivity index (χ4v) is 2.30. The lowest BCUT2D eigenvalue weighted by Gasteiger charge is -2.03. The number of carbonyl (C=O) groups is 1. The Hall–Kier alpha value is -1.62. The summed E-state index contributed by atoms with van der Waals surface area (Å²) in [6.45, 7) is 1.70. The van der Waals surface area contributed by atoms with Gasteiger partial charge in [-0.3, -0.25) is 4.79 Å². The maximum Gasteiger partial charge on any atom is 0.206 e. The Morgan fingerprint density at radius 2 is 1.76 bits per heavy atom. The van der Waals surface area contributed by atoms with Gasteiger partial charge in [0.25, 0.3) is 0 Å². The molecule has 2 aromatic rings. The lowest BCUT2D eigenvalue weighted by Crippen LogP contribution is -2.05. The standard InChI is InChI=1S/C12H7F3OS/c1-6-2-3-17-12(6)11(16)7-4-9(14)10(15)5-8(7)13/h2-5H,1H3. The maximum atomic E-state index is 13.4. The molecular weight excluding hydrogens is 249 g/mol. The molecule has 1 aromatic carbocycles. The number of hydrogen-bond acceptors (Lipinski definition) is 2. The Morgan fingerprint density at radius 3 is 2.35 bits per heavy atom. The predicted octanol–water partition coefficient (Wildman–Crippen LogP) is 3.70. The van der Waals surface area contributed by atoms with E-state index in [4.69, 9.17) is 0 Å². The van der Waals surface area contributed by atoms with Gasteiger partial charge in [0.2, 0.25) is 5.78 Å². The second-order valence-corrected chi connectivity index (χ2v) is 4.42. The van der Waals surface area contributed by atoms with E-state index in [9.17, 15) is 18.0 Å². The van der Waals surface area contributed by atoms with Crippen LogP contribution in [0.25, 0.3) is 0 Å². The van der Waals surface area contributed by atoms with Gasteiger partial charge >= 0.3 is 0 Å². The third-order valence-electron chi connectivity index (χ3n) is 2.32. The topological polar surface area (TPSA) is 17.1 Å². The van der Waals surface area contributed by atoms with E-state index in [0.29, 0.717) is 22.6 Å². The van der Waals surface area contributed by atoms with E-state index < -0.39 is 28.8 Å². The normalized spacial score (nSPS) is 10.6. The SMILES string of the molecule is Cc1ccsc1C(=O)c1cc(F)c(F)cc1F. The molecule has 1 aromatic heterocycles. The molecule has 0 aliphatic rings. The summed E-state index contributed by atoms with van der Waals surface area (Å²) in [6, 6.07) is 2.67. The fourth-order valence-electron chi connectivity index (χ4n) is 1.42. The van der Waals surface area contributed by atoms with Crippen molar-refractivity contribution in [3.05, 3.63) is 57.0 Å². The minimum absolute atomic E-state index is 0.329. The Bertz CT molecular complexity index is 589. The zero-order valence-electron chi connectivity index (χ0n) is 8.76. The lowest BCUT2D eigenvalue weighted by atomic mass is 10.1. The highest BCUT2D eigenvalue weighted by atomic mass is 32.1. The van der Waals surface area contributed by atoms with Gasteiger partial charge in [-0.15, -0.1) is 11.3 Å². The summed E-state index contributed by atoms with van der Waals surface area (Å²) >= 11 is 1.14. The number of rotatable bonds is 2. The first-order chi connectivity index (χ1) is 8.00. The van der Waals surface area contributed by atoms with E-state index in [-0.39, 0.29) is 0 Å². The largest absolute Gasteiger partial charge is 0.288 e. The number of halogens is 3. The smallest absolute Gasteiger partial charge is 0.206 e. The maximum absolute atomic E-state index is 13.4. The number of carbonyl (C=O) groups excluding carboxylic acids is 1. The van der Waals surface area contributed by atoms with Gasteiger partial charge in [-0.25, -0.2) is 13.2 Å². The van der Waals surface area contributed by atoms with E-state index in [1.165, 1.54) is 0 Å². The van der Waals surface area contributed by atoms with Crippen molar-refractivity contribution in [2.45, 2.75) is 6.92 Å². The van der Waals surface area contributed by atoms with Crippen molar-refractivity contribution in [3.63, 3.8) is 0 Å². The average Bonchev–Trinajstić information content (AvgIpc) is 2.69. The van der Waals surface area contributed by atoms with Gasteiger partial charge < -0.3 is 0 Å². The van der Waals surface area contributed by atoms with Crippen LogP contribution in [-0.4, -0.2) is 5.78 Å². The molecule has 0 bridgehead atoms. The number of aryl methyl sites for hydroxylation is 1. The van der Waals surface area contributed by atoms with Crippen LogP contribution in [0.3, 0.4) is 0 Å². The average molecular weight is 256 g/mol. The quantitative estimate of drug-likeness (QED) is 0.591. The summed E-state index contributed by atoms with van der Waals surface area (Å²) in [7, 11) is 0. The van der Waals surface area contributed by atoms with Crippen LogP contribution in [0.1, 0.15) is 20.8 Å². The number of ketones is 1. The van der Waals surface area contributed by atoms with Crippen LogP contribution < -0.4 is 0 Å². The van der Waals surface area contributed by atoms with Crippen LogP contribution >= 0.6 is 11.3 Å². The van der Waals surface area contributed by atoms with Crippen molar-refractivity contribution in [2.24, 2.45) is 0 Å². The summed E-state index contributed by atoms with van der Waals surface area (Å²) in [4.78, 5) is 12.2. The van der Waals surface area contributed by atoms with Crippen molar-refractivity contribution in [2.75, 3.05) is 0 Å². The molecule has 17 heavy (non-hydrogen) atoms. The van der Waals surface area contributed by atoms with Gasteiger partial charge in [0, 0.05) is 6.07 Å². The molecule has 0 saturated heterocycles. The van der Waals surface area contributed by atoms with E-state index in [2.05, 4.69) is 0 Å². The Morgan fingerprint density at radius 1 is 1.12 bits per heavy atom. The van der Waals surface area contributed by atoms with Gasteiger partial charge in [-0.05, 0) is 30.0 Å². The molecule has 0 amide bonds. The van der Waals surface area contributed by atoms with Crippen LogP contribution in [0, 0.1) is 24.4 Å². The second kappa shape index (κ2) is 4.33. The lowest BCUT2D eigenvalue weighted by molar-refractivity contribution is 0.103. The van der Waals surface area contributed by atoms with Crippen molar-refractivity contribution in [3.8, 4) is 0 Å². The number of hydrogen-bond donors (Lipinski definition) is 0. The summed E-state index contributed by atoms with van der Waals surface area (Å²) in [5, 5.41) is 1.68. The summed E-state index contributed by atoms with van der Waals surface area (Å²) in [5.41, 5.74) is 0.235. The molecule has 0 atom stereocenters. The van der Waals surface area contributed by atoms with Crippen LogP contribution in [0.4, 0.5) is 13.2 Å². The Labute approximate surface area is 99.5 Å². The first-order valence-electron chi connectivity index (χ1n) is 4.74. The molecule has 5 heteroatoms. The monoisotopic (exact) mass is 256 g/mol. The zero-order valence-corrected chi connectivity index (χ0v) is 9.58. The van der Waals surface area contributed by atoms with Gasteiger partial charge in [0.1, 0.15) is 5.82 Å². The Balaban J connectivity index is 2.52. The molecule has 88 valence electrons. The minimum Gasteiger partial charge on any atom is -0.288 e. The van der Waals surface area contributed by atoms with Crippen molar-refractivity contribution >= 4 is 17.1 Å². The third-order valence-corrected chi connectivity index (χ3v) is 3.34. The molecule has 0 spiro atoms.